The Balaban J connectivity index is 1.46. The van der Waals surface area contributed by atoms with Gasteiger partial charge in [-0.2, -0.15) is 5.10 Å². The molecule has 0 bridgehead atoms. The van der Waals surface area contributed by atoms with E-state index in [1.807, 2.05) is 18.3 Å². The SMILES string of the molecule is Cc1ccc(Cc2ccccn2)cc1NCc1cc2n(n1)CCCC2. The molecule has 1 aliphatic heterocycles. The number of nitrogens with one attached hydrogen (secondary N) is 1. The van der Waals surface area contributed by atoms with Gasteiger partial charge in [-0.3, -0.25) is 9.67 Å². The Morgan fingerprint density at radius 2 is 2.04 bits per heavy atom. The fourth-order valence-electron chi connectivity index (χ4n) is 3.43. The van der Waals surface area contributed by atoms with Crippen molar-refractivity contribution < 1.29 is 0 Å². The number of nitrogens with zero attached hydrogens (tertiary/aromatic N) is 3. The highest BCUT2D eigenvalue weighted by molar-refractivity contribution is 5.53. The van der Waals surface area contributed by atoms with E-state index in [0.717, 1.165) is 37.3 Å². The molecule has 0 saturated carbocycles. The van der Waals surface area contributed by atoms with Crippen LogP contribution in [0.1, 0.15) is 41.1 Å². The molecule has 3 aromatic rings. The van der Waals surface area contributed by atoms with Crippen LogP contribution < -0.4 is 5.32 Å². The van der Waals surface area contributed by atoms with Crippen LogP contribution in [0.4, 0.5) is 5.69 Å². The van der Waals surface area contributed by atoms with Crippen LogP contribution in [0.5, 0.6) is 0 Å². The summed E-state index contributed by atoms with van der Waals surface area (Å²) in [5, 5.41) is 8.30. The zero-order chi connectivity index (χ0) is 17.1. The molecule has 0 saturated heterocycles. The first-order chi connectivity index (χ1) is 12.3. The third-order valence-electron chi connectivity index (χ3n) is 4.84. The van der Waals surface area contributed by atoms with Crippen LogP contribution in [0.3, 0.4) is 0 Å². The maximum atomic E-state index is 4.73. The van der Waals surface area contributed by atoms with Gasteiger partial charge >= 0.3 is 0 Å². The average molecular weight is 332 g/mol. The summed E-state index contributed by atoms with van der Waals surface area (Å²) in [6.45, 7) is 3.98. The Morgan fingerprint density at radius 1 is 1.08 bits per heavy atom. The Bertz CT molecular complexity index is 828. The number of pyridine rings is 1. The van der Waals surface area contributed by atoms with Crippen LogP contribution in [-0.2, 0) is 25.9 Å². The third-order valence-corrected chi connectivity index (χ3v) is 4.84. The topological polar surface area (TPSA) is 42.7 Å². The lowest BCUT2D eigenvalue weighted by atomic mass is 10.1. The number of aromatic nitrogens is 3. The first-order valence-electron chi connectivity index (χ1n) is 9.07. The van der Waals surface area contributed by atoms with Crippen LogP contribution in [0.25, 0.3) is 0 Å². The largest absolute Gasteiger partial charge is 0.379 e. The fraction of sp³-hybridized carbons (Fsp3) is 0.333. The van der Waals surface area contributed by atoms with Gasteiger partial charge in [0.15, 0.2) is 0 Å². The molecule has 4 heteroatoms. The van der Waals surface area contributed by atoms with Crippen LogP contribution in [0.2, 0.25) is 0 Å². The molecular formula is C21H24N4. The molecule has 0 spiro atoms. The van der Waals surface area contributed by atoms with E-state index in [1.54, 1.807) is 0 Å². The second-order valence-corrected chi connectivity index (χ2v) is 6.81. The van der Waals surface area contributed by atoms with Crippen LogP contribution in [-0.4, -0.2) is 14.8 Å². The zero-order valence-corrected chi connectivity index (χ0v) is 14.7. The van der Waals surface area contributed by atoms with Crippen molar-refractivity contribution in [2.75, 3.05) is 5.32 Å². The summed E-state index contributed by atoms with van der Waals surface area (Å²) in [5.41, 5.74) is 7.32. The first-order valence-corrected chi connectivity index (χ1v) is 9.07. The predicted molar refractivity (Wildman–Crippen MR) is 101 cm³/mol. The van der Waals surface area contributed by atoms with Crippen molar-refractivity contribution in [3.05, 3.63) is 76.9 Å². The Labute approximate surface area is 148 Å². The van der Waals surface area contributed by atoms with Gasteiger partial charge in [-0.15, -0.1) is 0 Å². The van der Waals surface area contributed by atoms with Gasteiger partial charge in [0.1, 0.15) is 0 Å². The minimum atomic E-state index is 0.772. The smallest absolute Gasteiger partial charge is 0.0818 e. The van der Waals surface area contributed by atoms with Crippen LogP contribution in [0, 0.1) is 6.92 Å². The minimum Gasteiger partial charge on any atom is -0.379 e. The van der Waals surface area contributed by atoms with Crippen molar-refractivity contribution in [2.45, 2.75) is 45.7 Å². The number of anilines is 1. The molecular weight excluding hydrogens is 308 g/mol. The Kier molecular flexibility index (Phi) is 4.51. The van der Waals surface area contributed by atoms with Gasteiger partial charge in [0, 0.05) is 36.2 Å². The monoisotopic (exact) mass is 332 g/mol. The highest BCUT2D eigenvalue weighted by atomic mass is 15.3. The van der Waals surface area contributed by atoms with Gasteiger partial charge in [-0.1, -0.05) is 18.2 Å². The van der Waals surface area contributed by atoms with Crippen LogP contribution in [0.15, 0.2) is 48.7 Å². The van der Waals surface area contributed by atoms with E-state index in [9.17, 15) is 0 Å². The van der Waals surface area contributed by atoms with E-state index in [-0.39, 0.29) is 0 Å². The molecule has 3 heterocycles. The standard InChI is InChI=1S/C21H24N4/c1-16-8-9-17(12-18-6-2-4-10-22-18)13-21(16)23-15-19-14-20-7-3-5-11-25(20)24-19/h2,4,6,8-10,13-14,23H,3,5,7,11-12,15H2,1H3. The molecule has 0 amide bonds. The van der Waals surface area contributed by atoms with Crippen molar-refractivity contribution in [1.82, 2.24) is 14.8 Å². The molecule has 2 aromatic heterocycles. The van der Waals surface area contributed by atoms with Crippen molar-refractivity contribution >= 4 is 5.69 Å². The van der Waals surface area contributed by atoms with Crippen molar-refractivity contribution in [1.29, 1.82) is 0 Å². The summed E-state index contributed by atoms with van der Waals surface area (Å²) in [5.74, 6) is 0. The van der Waals surface area contributed by atoms with Crippen LogP contribution >= 0.6 is 0 Å². The van der Waals surface area contributed by atoms with Gasteiger partial charge in [-0.25, -0.2) is 0 Å². The van der Waals surface area contributed by atoms with Gasteiger partial charge in [0.2, 0.25) is 0 Å². The molecule has 0 fully saturated rings. The summed E-state index contributed by atoms with van der Waals surface area (Å²) in [4.78, 5) is 4.42. The van der Waals surface area contributed by atoms with E-state index in [2.05, 4.69) is 52.2 Å². The van der Waals surface area contributed by atoms with Gasteiger partial charge < -0.3 is 5.32 Å². The molecule has 25 heavy (non-hydrogen) atoms. The summed E-state index contributed by atoms with van der Waals surface area (Å²) in [6, 6.07) is 14.9. The lowest BCUT2D eigenvalue weighted by Crippen LogP contribution is -2.11. The second kappa shape index (κ2) is 7.09. The fourth-order valence-corrected chi connectivity index (χ4v) is 3.43. The average Bonchev–Trinajstić information content (AvgIpc) is 3.06. The second-order valence-electron chi connectivity index (χ2n) is 6.81. The van der Waals surface area contributed by atoms with Gasteiger partial charge in [0.05, 0.1) is 12.2 Å². The highest BCUT2D eigenvalue weighted by Gasteiger charge is 2.12. The summed E-state index contributed by atoms with van der Waals surface area (Å²) in [6.07, 6.45) is 6.40. The van der Waals surface area contributed by atoms with Crippen molar-refractivity contribution in [3.63, 3.8) is 0 Å². The molecule has 0 radical (unpaired) electrons. The lowest BCUT2D eigenvalue weighted by Gasteiger charge is -2.12. The predicted octanol–water partition coefficient (Wildman–Crippen LogP) is 4.13. The summed E-state index contributed by atoms with van der Waals surface area (Å²) < 4.78 is 2.17. The third kappa shape index (κ3) is 3.73. The zero-order valence-electron chi connectivity index (χ0n) is 14.7. The van der Waals surface area contributed by atoms with E-state index in [4.69, 9.17) is 5.10 Å². The maximum Gasteiger partial charge on any atom is 0.0818 e. The quantitative estimate of drug-likeness (QED) is 0.764. The summed E-state index contributed by atoms with van der Waals surface area (Å²) >= 11 is 0. The van der Waals surface area contributed by atoms with E-state index >= 15 is 0 Å². The van der Waals surface area contributed by atoms with Crippen molar-refractivity contribution in [2.24, 2.45) is 0 Å². The lowest BCUT2D eigenvalue weighted by molar-refractivity contribution is 0.484. The number of rotatable bonds is 5. The van der Waals surface area contributed by atoms with E-state index in [1.165, 1.54) is 35.3 Å². The Morgan fingerprint density at radius 3 is 2.88 bits per heavy atom. The molecule has 4 nitrogen and oxygen atoms in total. The maximum absolute atomic E-state index is 4.73. The number of hydrogen-bond acceptors (Lipinski definition) is 3. The normalized spacial score (nSPS) is 13.5. The number of hydrogen-bond donors (Lipinski definition) is 1. The van der Waals surface area contributed by atoms with Gasteiger partial charge in [-0.05, 0) is 61.6 Å². The molecule has 1 N–H and O–H groups in total. The molecule has 1 aromatic carbocycles. The molecule has 0 aliphatic carbocycles. The highest BCUT2D eigenvalue weighted by Crippen LogP contribution is 2.21. The molecule has 1 aliphatic rings. The molecule has 4 rings (SSSR count). The van der Waals surface area contributed by atoms with E-state index < -0.39 is 0 Å². The Hall–Kier alpha value is -2.62. The number of benzene rings is 1. The van der Waals surface area contributed by atoms with E-state index in [0.29, 0.717) is 0 Å². The molecule has 0 atom stereocenters. The minimum absolute atomic E-state index is 0.772. The summed E-state index contributed by atoms with van der Waals surface area (Å²) in [7, 11) is 0. The molecule has 0 unspecified atom stereocenters. The number of fused-ring (bicyclic) bond motifs is 1. The molecule has 128 valence electrons. The van der Waals surface area contributed by atoms with Crippen molar-refractivity contribution in [3.8, 4) is 0 Å². The number of aryl methyl sites for hydroxylation is 3. The van der Waals surface area contributed by atoms with Gasteiger partial charge in [0.25, 0.3) is 0 Å². The first kappa shape index (κ1) is 15.9.